The van der Waals surface area contributed by atoms with Crippen molar-refractivity contribution in [1.29, 1.82) is 0 Å². The highest BCUT2D eigenvalue weighted by molar-refractivity contribution is 5.91. The fraction of sp³-hybridized carbons (Fsp3) is 0.364. The van der Waals surface area contributed by atoms with Crippen LogP contribution in [0.25, 0.3) is 0 Å². The van der Waals surface area contributed by atoms with E-state index in [0.29, 0.717) is 0 Å². The summed E-state index contributed by atoms with van der Waals surface area (Å²) in [6, 6.07) is 3.10. The fourth-order valence-electron chi connectivity index (χ4n) is 1.33. The molecule has 3 nitrogen and oxygen atoms in total. The van der Waals surface area contributed by atoms with Crippen molar-refractivity contribution in [2.45, 2.75) is 6.92 Å². The average molecular weight is 229 g/mol. The minimum absolute atomic E-state index is 0.0611. The number of hydrogen-bond donors (Lipinski definition) is 0. The molecule has 5 heteroatoms. The molecule has 0 aliphatic heterocycles. The second kappa shape index (κ2) is 5.55. The molecule has 1 amide bonds. The molecule has 1 aromatic carbocycles. The van der Waals surface area contributed by atoms with Crippen LogP contribution in [-0.4, -0.2) is 26.2 Å². The lowest BCUT2D eigenvalue weighted by atomic mass is 10.2. The molecule has 0 aliphatic carbocycles. The van der Waals surface area contributed by atoms with Crippen LogP contribution in [-0.2, 0) is 9.53 Å². The number of halogens is 2. The van der Waals surface area contributed by atoms with E-state index in [2.05, 4.69) is 0 Å². The third-order valence-corrected chi connectivity index (χ3v) is 2.10. The van der Waals surface area contributed by atoms with E-state index in [1.54, 1.807) is 0 Å². The molecule has 0 saturated heterocycles. The Bertz CT molecular complexity index is 382. The first-order valence-electron chi connectivity index (χ1n) is 4.78. The molecule has 88 valence electrons. The first kappa shape index (κ1) is 12.6. The summed E-state index contributed by atoms with van der Waals surface area (Å²) in [5.74, 6) is -1.75. The van der Waals surface area contributed by atoms with E-state index in [0.717, 1.165) is 12.1 Å². The number of benzene rings is 1. The Hall–Kier alpha value is -1.49. The third-order valence-electron chi connectivity index (χ3n) is 2.10. The lowest BCUT2D eigenvalue weighted by Crippen LogP contribution is -2.32. The van der Waals surface area contributed by atoms with Crippen molar-refractivity contribution >= 4 is 11.6 Å². The highest BCUT2D eigenvalue weighted by Gasteiger charge is 2.15. The van der Waals surface area contributed by atoms with Gasteiger partial charge >= 0.3 is 0 Å². The molecule has 0 fully saturated rings. The second-order valence-electron chi connectivity index (χ2n) is 3.26. The Kier molecular flexibility index (Phi) is 4.37. The van der Waals surface area contributed by atoms with Crippen LogP contribution >= 0.6 is 0 Å². The smallest absolute Gasteiger partial charge is 0.224 e. The topological polar surface area (TPSA) is 29.5 Å². The Balaban J connectivity index is 2.96. The van der Waals surface area contributed by atoms with Gasteiger partial charge in [0, 0.05) is 26.6 Å². The van der Waals surface area contributed by atoms with Crippen LogP contribution in [0.5, 0.6) is 0 Å². The van der Waals surface area contributed by atoms with Gasteiger partial charge in [0.1, 0.15) is 11.6 Å². The van der Waals surface area contributed by atoms with E-state index in [9.17, 15) is 13.6 Å². The largest absolute Gasteiger partial charge is 0.383 e. The van der Waals surface area contributed by atoms with Crippen LogP contribution in [0.4, 0.5) is 14.5 Å². The molecule has 0 N–H and O–H groups in total. The van der Waals surface area contributed by atoms with Crippen molar-refractivity contribution in [2.75, 3.05) is 25.2 Å². The van der Waals surface area contributed by atoms with Gasteiger partial charge in [0.2, 0.25) is 5.91 Å². The van der Waals surface area contributed by atoms with Gasteiger partial charge in [0.15, 0.2) is 0 Å². The molecule has 0 aromatic heterocycles. The summed E-state index contributed by atoms with van der Waals surface area (Å²) in [6.45, 7) is 1.84. The first-order valence-corrected chi connectivity index (χ1v) is 4.78. The van der Waals surface area contributed by atoms with Crippen LogP contribution < -0.4 is 4.90 Å². The molecule has 1 aromatic rings. The highest BCUT2D eigenvalue weighted by atomic mass is 19.1. The highest BCUT2D eigenvalue weighted by Crippen LogP contribution is 2.20. The molecule has 1 rings (SSSR count). The van der Waals surface area contributed by atoms with Crippen LogP contribution in [0.1, 0.15) is 6.92 Å². The van der Waals surface area contributed by atoms with Crippen LogP contribution in [0.2, 0.25) is 0 Å². The average Bonchev–Trinajstić information content (AvgIpc) is 2.20. The summed E-state index contributed by atoms with van der Waals surface area (Å²) in [6.07, 6.45) is 0. The van der Waals surface area contributed by atoms with Crippen LogP contribution in [0.15, 0.2) is 18.2 Å². The number of nitrogens with zero attached hydrogens (tertiary/aromatic N) is 1. The Morgan fingerprint density at radius 2 is 2.12 bits per heavy atom. The van der Waals surface area contributed by atoms with Crippen molar-refractivity contribution in [3.63, 3.8) is 0 Å². The summed E-state index contributed by atoms with van der Waals surface area (Å²) in [4.78, 5) is 12.5. The maximum Gasteiger partial charge on any atom is 0.224 e. The van der Waals surface area contributed by atoms with E-state index in [1.807, 2.05) is 0 Å². The molecule has 0 heterocycles. The summed E-state index contributed by atoms with van der Waals surface area (Å²) < 4.78 is 30.9. The maximum atomic E-state index is 13.4. The summed E-state index contributed by atoms with van der Waals surface area (Å²) in [5, 5.41) is 0. The van der Waals surface area contributed by atoms with Crippen molar-refractivity contribution in [2.24, 2.45) is 0 Å². The Morgan fingerprint density at radius 1 is 1.44 bits per heavy atom. The van der Waals surface area contributed by atoms with E-state index >= 15 is 0 Å². The normalized spacial score (nSPS) is 10.2. The molecule has 0 atom stereocenters. The molecular weight excluding hydrogens is 216 g/mol. The minimum Gasteiger partial charge on any atom is -0.383 e. The van der Waals surface area contributed by atoms with Crippen molar-refractivity contribution in [3.05, 3.63) is 29.8 Å². The fourth-order valence-corrected chi connectivity index (χ4v) is 1.33. The van der Waals surface area contributed by atoms with E-state index in [1.165, 1.54) is 25.0 Å². The molecule has 0 bridgehead atoms. The zero-order valence-electron chi connectivity index (χ0n) is 9.17. The van der Waals surface area contributed by atoms with Crippen molar-refractivity contribution < 1.29 is 18.3 Å². The molecule has 0 spiro atoms. The number of methoxy groups -OCH3 is 1. The Labute approximate surface area is 92.6 Å². The lowest BCUT2D eigenvalue weighted by Gasteiger charge is -2.21. The molecule has 16 heavy (non-hydrogen) atoms. The summed E-state index contributed by atoms with van der Waals surface area (Å²) >= 11 is 0. The van der Waals surface area contributed by atoms with Gasteiger partial charge in [-0.15, -0.1) is 0 Å². The number of ether oxygens (including phenoxy) is 1. The standard InChI is InChI=1S/C11H13F2NO2/c1-8(15)14(5-6-16-2)11-4-3-9(12)7-10(11)13/h3-4,7H,5-6H2,1-2H3. The molecule has 0 unspecified atom stereocenters. The number of anilines is 1. The van der Waals surface area contributed by atoms with Gasteiger partial charge < -0.3 is 9.64 Å². The minimum atomic E-state index is -0.758. The van der Waals surface area contributed by atoms with Gasteiger partial charge in [-0.05, 0) is 12.1 Å². The van der Waals surface area contributed by atoms with Gasteiger partial charge in [-0.2, -0.15) is 0 Å². The maximum absolute atomic E-state index is 13.4. The predicted octanol–water partition coefficient (Wildman–Crippen LogP) is 1.96. The molecular formula is C11H13F2NO2. The quantitative estimate of drug-likeness (QED) is 0.789. The first-order chi connectivity index (χ1) is 7.56. The van der Waals surface area contributed by atoms with Gasteiger partial charge in [-0.1, -0.05) is 0 Å². The summed E-state index contributed by atoms with van der Waals surface area (Å²) in [5.41, 5.74) is 0.0611. The zero-order chi connectivity index (χ0) is 12.1. The van der Waals surface area contributed by atoms with Crippen molar-refractivity contribution in [3.8, 4) is 0 Å². The van der Waals surface area contributed by atoms with Gasteiger partial charge in [0.25, 0.3) is 0 Å². The monoisotopic (exact) mass is 229 g/mol. The number of carbonyl (C=O) groups is 1. The van der Waals surface area contributed by atoms with Crippen molar-refractivity contribution in [1.82, 2.24) is 0 Å². The van der Waals surface area contributed by atoms with E-state index < -0.39 is 11.6 Å². The SMILES string of the molecule is COCCN(C(C)=O)c1ccc(F)cc1F. The van der Waals surface area contributed by atoms with Gasteiger partial charge in [-0.25, -0.2) is 8.78 Å². The number of rotatable bonds is 4. The van der Waals surface area contributed by atoms with Gasteiger partial charge in [-0.3, -0.25) is 4.79 Å². The molecule has 0 aliphatic rings. The van der Waals surface area contributed by atoms with E-state index in [-0.39, 0.29) is 24.7 Å². The number of amides is 1. The molecule has 0 radical (unpaired) electrons. The summed E-state index contributed by atoms with van der Waals surface area (Å²) in [7, 11) is 1.49. The van der Waals surface area contributed by atoms with Crippen LogP contribution in [0.3, 0.4) is 0 Å². The third kappa shape index (κ3) is 3.00. The molecule has 0 saturated carbocycles. The zero-order valence-corrected chi connectivity index (χ0v) is 9.17. The number of carbonyl (C=O) groups excluding carboxylic acids is 1. The number of hydrogen-bond acceptors (Lipinski definition) is 2. The van der Waals surface area contributed by atoms with Gasteiger partial charge in [0.05, 0.1) is 12.3 Å². The lowest BCUT2D eigenvalue weighted by molar-refractivity contribution is -0.116. The Morgan fingerprint density at radius 3 is 2.62 bits per heavy atom. The van der Waals surface area contributed by atoms with Crippen LogP contribution in [0, 0.1) is 11.6 Å². The second-order valence-corrected chi connectivity index (χ2v) is 3.26. The van der Waals surface area contributed by atoms with E-state index in [4.69, 9.17) is 4.74 Å². The predicted molar refractivity (Wildman–Crippen MR) is 56.3 cm³/mol.